The largest absolute Gasteiger partial charge is 0.356 e. The SMILES string of the molecule is Cc1cccc(N(CCCC(=O)NC[C@H](C)c2ccccc2)S(C)(=O)=O)c1C. The molecule has 0 bridgehead atoms. The van der Waals surface area contributed by atoms with Gasteiger partial charge in [0.25, 0.3) is 0 Å². The summed E-state index contributed by atoms with van der Waals surface area (Å²) >= 11 is 0. The summed E-state index contributed by atoms with van der Waals surface area (Å²) in [6.07, 6.45) is 1.96. The van der Waals surface area contributed by atoms with E-state index in [9.17, 15) is 13.2 Å². The van der Waals surface area contributed by atoms with Crippen LogP contribution in [0.2, 0.25) is 0 Å². The summed E-state index contributed by atoms with van der Waals surface area (Å²) in [6, 6.07) is 15.7. The molecular weight excluding hydrogens is 372 g/mol. The van der Waals surface area contributed by atoms with Gasteiger partial charge in [-0.3, -0.25) is 9.10 Å². The zero-order chi connectivity index (χ0) is 20.7. The van der Waals surface area contributed by atoms with Gasteiger partial charge < -0.3 is 5.32 Å². The van der Waals surface area contributed by atoms with Gasteiger partial charge >= 0.3 is 0 Å². The van der Waals surface area contributed by atoms with E-state index in [1.165, 1.54) is 16.1 Å². The van der Waals surface area contributed by atoms with Crippen molar-refractivity contribution in [2.75, 3.05) is 23.7 Å². The predicted octanol–water partition coefficient (Wildman–Crippen LogP) is 3.77. The summed E-state index contributed by atoms with van der Waals surface area (Å²) in [7, 11) is -3.42. The number of benzene rings is 2. The lowest BCUT2D eigenvalue weighted by Crippen LogP contribution is -2.33. The maximum atomic E-state index is 12.3. The van der Waals surface area contributed by atoms with E-state index in [-0.39, 0.29) is 18.4 Å². The average Bonchev–Trinajstić information content (AvgIpc) is 2.65. The Morgan fingerprint density at radius 1 is 1.07 bits per heavy atom. The lowest BCUT2D eigenvalue weighted by Gasteiger charge is -2.25. The number of anilines is 1. The fraction of sp³-hybridized carbons (Fsp3) is 0.409. The number of nitrogens with zero attached hydrogens (tertiary/aromatic N) is 1. The Labute approximate surface area is 168 Å². The molecule has 152 valence electrons. The molecule has 0 aliphatic rings. The van der Waals surface area contributed by atoms with Crippen LogP contribution in [-0.2, 0) is 14.8 Å². The molecule has 28 heavy (non-hydrogen) atoms. The first-order valence-corrected chi connectivity index (χ1v) is 11.4. The van der Waals surface area contributed by atoms with Gasteiger partial charge in [0, 0.05) is 19.5 Å². The van der Waals surface area contributed by atoms with Crippen LogP contribution < -0.4 is 9.62 Å². The second-order valence-electron chi connectivity index (χ2n) is 7.27. The van der Waals surface area contributed by atoms with Crippen molar-refractivity contribution in [1.82, 2.24) is 5.32 Å². The molecule has 2 rings (SSSR count). The second-order valence-corrected chi connectivity index (χ2v) is 9.18. The zero-order valence-corrected chi connectivity index (χ0v) is 17.9. The smallest absolute Gasteiger partial charge is 0.232 e. The molecule has 0 heterocycles. The Bertz CT molecular complexity index is 895. The first kappa shape index (κ1) is 22.0. The molecular formula is C22H30N2O3S. The third kappa shape index (κ3) is 6.09. The molecule has 0 saturated heterocycles. The number of aryl methyl sites for hydroxylation is 1. The number of hydrogen-bond donors (Lipinski definition) is 1. The third-order valence-corrected chi connectivity index (χ3v) is 6.16. The first-order chi connectivity index (χ1) is 13.2. The highest BCUT2D eigenvalue weighted by Crippen LogP contribution is 2.25. The molecule has 2 aromatic rings. The van der Waals surface area contributed by atoms with Gasteiger partial charge in [0.1, 0.15) is 0 Å². The van der Waals surface area contributed by atoms with E-state index in [0.29, 0.717) is 25.1 Å². The maximum absolute atomic E-state index is 12.3. The minimum atomic E-state index is -3.42. The van der Waals surface area contributed by atoms with E-state index in [1.807, 2.05) is 62.4 Å². The summed E-state index contributed by atoms with van der Waals surface area (Å²) in [5.74, 6) is 0.171. The van der Waals surface area contributed by atoms with Gasteiger partial charge in [0.2, 0.25) is 15.9 Å². The molecule has 0 spiro atoms. The fourth-order valence-electron chi connectivity index (χ4n) is 3.11. The van der Waals surface area contributed by atoms with Crippen LogP contribution >= 0.6 is 0 Å². The van der Waals surface area contributed by atoms with Crippen LogP contribution in [0.3, 0.4) is 0 Å². The molecule has 1 atom stereocenters. The van der Waals surface area contributed by atoms with Crippen LogP contribution in [0, 0.1) is 13.8 Å². The van der Waals surface area contributed by atoms with Gasteiger partial charge in [-0.1, -0.05) is 49.4 Å². The van der Waals surface area contributed by atoms with Crippen molar-refractivity contribution in [3.8, 4) is 0 Å². The number of nitrogens with one attached hydrogen (secondary N) is 1. The molecule has 2 aromatic carbocycles. The monoisotopic (exact) mass is 402 g/mol. The van der Waals surface area contributed by atoms with Crippen molar-refractivity contribution in [1.29, 1.82) is 0 Å². The summed E-state index contributed by atoms with van der Waals surface area (Å²) in [4.78, 5) is 12.2. The van der Waals surface area contributed by atoms with Crippen molar-refractivity contribution in [3.63, 3.8) is 0 Å². The van der Waals surface area contributed by atoms with Gasteiger partial charge in [-0.2, -0.15) is 0 Å². The van der Waals surface area contributed by atoms with Crippen LogP contribution in [0.25, 0.3) is 0 Å². The molecule has 6 heteroatoms. The first-order valence-electron chi connectivity index (χ1n) is 9.55. The fourth-order valence-corrected chi connectivity index (χ4v) is 4.12. The van der Waals surface area contributed by atoms with Crippen LogP contribution in [0.1, 0.15) is 42.4 Å². The van der Waals surface area contributed by atoms with Crippen molar-refractivity contribution in [2.24, 2.45) is 0 Å². The molecule has 5 nitrogen and oxygen atoms in total. The number of amides is 1. The molecule has 0 fully saturated rings. The maximum Gasteiger partial charge on any atom is 0.232 e. The summed E-state index contributed by atoms with van der Waals surface area (Å²) < 4.78 is 25.9. The lowest BCUT2D eigenvalue weighted by molar-refractivity contribution is -0.121. The van der Waals surface area contributed by atoms with E-state index in [2.05, 4.69) is 12.2 Å². The summed E-state index contributed by atoms with van der Waals surface area (Å²) in [5, 5.41) is 2.95. The van der Waals surface area contributed by atoms with Crippen molar-refractivity contribution in [2.45, 2.75) is 39.5 Å². The van der Waals surface area contributed by atoms with Gasteiger partial charge in [0.15, 0.2) is 0 Å². The summed E-state index contributed by atoms with van der Waals surface area (Å²) in [6.45, 7) is 6.79. The van der Waals surface area contributed by atoms with Gasteiger partial charge in [-0.15, -0.1) is 0 Å². The quantitative estimate of drug-likeness (QED) is 0.694. The summed E-state index contributed by atoms with van der Waals surface area (Å²) in [5.41, 5.74) is 3.84. The average molecular weight is 403 g/mol. The minimum Gasteiger partial charge on any atom is -0.356 e. The molecule has 0 saturated carbocycles. The van der Waals surface area contributed by atoms with Crippen LogP contribution in [0.5, 0.6) is 0 Å². The molecule has 0 unspecified atom stereocenters. The van der Waals surface area contributed by atoms with Crippen molar-refractivity contribution in [3.05, 3.63) is 65.2 Å². The van der Waals surface area contributed by atoms with E-state index >= 15 is 0 Å². The molecule has 1 amide bonds. The normalized spacial score (nSPS) is 12.4. The van der Waals surface area contributed by atoms with E-state index in [4.69, 9.17) is 0 Å². The number of rotatable bonds is 9. The highest BCUT2D eigenvalue weighted by atomic mass is 32.2. The van der Waals surface area contributed by atoms with E-state index in [1.54, 1.807) is 0 Å². The van der Waals surface area contributed by atoms with Crippen LogP contribution in [-0.4, -0.2) is 33.7 Å². The Hall–Kier alpha value is -2.34. The number of carbonyl (C=O) groups is 1. The van der Waals surface area contributed by atoms with Gasteiger partial charge in [-0.05, 0) is 48.9 Å². The van der Waals surface area contributed by atoms with E-state index < -0.39 is 10.0 Å². The molecule has 0 aromatic heterocycles. The van der Waals surface area contributed by atoms with Crippen molar-refractivity contribution < 1.29 is 13.2 Å². The lowest BCUT2D eigenvalue weighted by atomic mass is 10.0. The number of hydrogen-bond acceptors (Lipinski definition) is 3. The molecule has 0 radical (unpaired) electrons. The minimum absolute atomic E-state index is 0.0582. The van der Waals surface area contributed by atoms with Gasteiger partial charge in [0.05, 0.1) is 11.9 Å². The van der Waals surface area contributed by atoms with Crippen LogP contribution in [0.15, 0.2) is 48.5 Å². The van der Waals surface area contributed by atoms with E-state index in [0.717, 1.165) is 11.1 Å². The Balaban J connectivity index is 1.90. The topological polar surface area (TPSA) is 66.5 Å². The predicted molar refractivity (Wildman–Crippen MR) is 115 cm³/mol. The zero-order valence-electron chi connectivity index (χ0n) is 17.1. The Kier molecular flexibility index (Phi) is 7.63. The highest BCUT2D eigenvalue weighted by molar-refractivity contribution is 7.92. The third-order valence-electron chi connectivity index (χ3n) is 4.98. The highest BCUT2D eigenvalue weighted by Gasteiger charge is 2.20. The Morgan fingerprint density at radius 2 is 1.75 bits per heavy atom. The van der Waals surface area contributed by atoms with Gasteiger partial charge in [-0.25, -0.2) is 8.42 Å². The standard InChI is InChI=1S/C22H30N2O3S/c1-17-10-8-13-21(19(17)3)24(28(4,26)27)15-9-14-22(25)23-16-18(2)20-11-6-5-7-12-20/h5-8,10-13,18H,9,14-16H2,1-4H3,(H,23,25)/t18-/m0/s1. The molecule has 0 aliphatic carbocycles. The Morgan fingerprint density at radius 3 is 2.39 bits per heavy atom. The van der Waals surface area contributed by atoms with Crippen molar-refractivity contribution >= 4 is 21.6 Å². The molecule has 0 aliphatic heterocycles. The number of sulfonamides is 1. The second kappa shape index (κ2) is 9.73. The number of carbonyl (C=O) groups excluding carboxylic acids is 1. The molecule has 1 N–H and O–H groups in total. The van der Waals surface area contributed by atoms with Crippen LogP contribution in [0.4, 0.5) is 5.69 Å².